The summed E-state index contributed by atoms with van der Waals surface area (Å²) in [5, 5.41) is 20.3. The standard InChI is InChI=1S/C19H25N5O2/c25-9-7-16-11-24(22-21-16)12-17-10-14-6-8-23(17)13-18(14)19(26)20-15-4-2-1-3-5-15/h1-5,11,14,17-18,25H,6-10,12-13H2,(H,20,26)/t14-,17-,18+/m1/s1. The van der Waals surface area contributed by atoms with Gasteiger partial charge in [0, 0.05) is 37.5 Å². The first-order valence-corrected chi connectivity index (χ1v) is 9.33. The Labute approximate surface area is 153 Å². The minimum Gasteiger partial charge on any atom is -0.396 e. The minimum atomic E-state index is 0.0564. The number of para-hydroxylation sites is 1. The van der Waals surface area contributed by atoms with E-state index in [0.717, 1.165) is 43.9 Å². The molecule has 3 aliphatic rings. The van der Waals surface area contributed by atoms with Gasteiger partial charge >= 0.3 is 0 Å². The van der Waals surface area contributed by atoms with Gasteiger partial charge in [0.1, 0.15) is 0 Å². The van der Waals surface area contributed by atoms with E-state index < -0.39 is 0 Å². The van der Waals surface area contributed by atoms with Crippen molar-refractivity contribution in [3.8, 4) is 0 Å². The number of amides is 1. The predicted octanol–water partition coefficient (Wildman–Crippen LogP) is 1.16. The van der Waals surface area contributed by atoms with E-state index in [4.69, 9.17) is 5.11 Å². The first-order chi connectivity index (χ1) is 12.7. The van der Waals surface area contributed by atoms with Crippen molar-refractivity contribution < 1.29 is 9.90 Å². The van der Waals surface area contributed by atoms with Crippen LogP contribution in [0.3, 0.4) is 0 Å². The van der Waals surface area contributed by atoms with E-state index in [9.17, 15) is 4.79 Å². The monoisotopic (exact) mass is 355 g/mol. The zero-order chi connectivity index (χ0) is 17.9. The van der Waals surface area contributed by atoms with E-state index in [-0.39, 0.29) is 18.4 Å². The smallest absolute Gasteiger partial charge is 0.229 e. The molecule has 0 saturated carbocycles. The first-order valence-electron chi connectivity index (χ1n) is 9.33. The number of anilines is 1. The molecule has 0 radical (unpaired) electrons. The van der Waals surface area contributed by atoms with Crippen LogP contribution >= 0.6 is 0 Å². The average Bonchev–Trinajstić information content (AvgIpc) is 3.10. The number of nitrogens with one attached hydrogen (secondary N) is 1. The molecule has 7 nitrogen and oxygen atoms in total. The molecule has 3 saturated heterocycles. The SMILES string of the molecule is O=C(Nc1ccccc1)[C@H]1CN2CC[C@@H]1C[C@@H]2Cn1cc(CCO)nn1. The number of aliphatic hydroxyl groups excluding tert-OH is 1. The zero-order valence-electron chi connectivity index (χ0n) is 14.8. The molecular weight excluding hydrogens is 330 g/mol. The Morgan fingerprint density at radius 3 is 2.88 bits per heavy atom. The van der Waals surface area contributed by atoms with Crippen LogP contribution in [0.1, 0.15) is 18.5 Å². The molecule has 1 aromatic heterocycles. The largest absolute Gasteiger partial charge is 0.396 e. The Balaban J connectivity index is 1.37. The third-order valence-electron chi connectivity index (χ3n) is 5.61. The van der Waals surface area contributed by atoms with Gasteiger partial charge in [-0.25, -0.2) is 0 Å². The maximum atomic E-state index is 12.7. The second-order valence-corrected chi connectivity index (χ2v) is 7.30. The van der Waals surface area contributed by atoms with Gasteiger partial charge in [-0.3, -0.25) is 14.4 Å². The molecule has 3 fully saturated rings. The van der Waals surface area contributed by atoms with Crippen LogP contribution in [0.15, 0.2) is 36.5 Å². The molecule has 4 atom stereocenters. The number of aliphatic hydroxyl groups is 1. The highest BCUT2D eigenvalue weighted by Gasteiger charge is 2.43. The van der Waals surface area contributed by atoms with Crippen molar-refractivity contribution in [3.63, 3.8) is 0 Å². The third kappa shape index (κ3) is 3.64. The summed E-state index contributed by atoms with van der Waals surface area (Å²) >= 11 is 0. The Bertz CT molecular complexity index is 747. The van der Waals surface area contributed by atoms with Gasteiger partial charge in [-0.1, -0.05) is 23.4 Å². The molecule has 2 bridgehead atoms. The Morgan fingerprint density at radius 1 is 1.31 bits per heavy atom. The molecule has 7 heteroatoms. The summed E-state index contributed by atoms with van der Waals surface area (Å²) in [7, 11) is 0. The molecule has 26 heavy (non-hydrogen) atoms. The molecule has 5 rings (SSSR count). The topological polar surface area (TPSA) is 83.3 Å². The maximum Gasteiger partial charge on any atom is 0.229 e. The fraction of sp³-hybridized carbons (Fsp3) is 0.526. The summed E-state index contributed by atoms with van der Waals surface area (Å²) in [5.41, 5.74) is 1.69. The molecule has 3 aliphatic heterocycles. The maximum absolute atomic E-state index is 12.7. The number of hydrogen-bond donors (Lipinski definition) is 2. The molecule has 138 valence electrons. The predicted molar refractivity (Wildman–Crippen MR) is 97.5 cm³/mol. The van der Waals surface area contributed by atoms with Crippen molar-refractivity contribution in [3.05, 3.63) is 42.2 Å². The number of hydrogen-bond acceptors (Lipinski definition) is 5. The van der Waals surface area contributed by atoms with Gasteiger partial charge in [0.05, 0.1) is 18.2 Å². The molecular formula is C19H25N5O2. The number of nitrogens with zero attached hydrogens (tertiary/aromatic N) is 4. The van der Waals surface area contributed by atoms with Gasteiger partial charge in [-0.15, -0.1) is 5.10 Å². The van der Waals surface area contributed by atoms with Gasteiger partial charge in [0.15, 0.2) is 0 Å². The fourth-order valence-corrected chi connectivity index (χ4v) is 4.25. The molecule has 1 aromatic carbocycles. The number of carbonyl (C=O) groups excluding carboxylic acids is 1. The number of carbonyl (C=O) groups is 1. The fourth-order valence-electron chi connectivity index (χ4n) is 4.25. The highest BCUT2D eigenvalue weighted by molar-refractivity contribution is 5.93. The van der Waals surface area contributed by atoms with E-state index in [2.05, 4.69) is 20.5 Å². The van der Waals surface area contributed by atoms with Crippen molar-refractivity contribution in [2.45, 2.75) is 31.8 Å². The number of rotatable bonds is 6. The summed E-state index contributed by atoms with van der Waals surface area (Å²) in [5.74, 6) is 0.616. The number of aromatic nitrogens is 3. The summed E-state index contributed by atoms with van der Waals surface area (Å²) in [4.78, 5) is 15.1. The van der Waals surface area contributed by atoms with Crippen molar-refractivity contribution in [2.24, 2.45) is 11.8 Å². The summed E-state index contributed by atoms with van der Waals surface area (Å²) in [6.45, 7) is 2.74. The number of benzene rings is 1. The van der Waals surface area contributed by atoms with E-state index >= 15 is 0 Å². The van der Waals surface area contributed by atoms with Gasteiger partial charge in [0.2, 0.25) is 5.91 Å². The Hall–Kier alpha value is -2.25. The lowest BCUT2D eigenvalue weighted by Gasteiger charge is -2.49. The van der Waals surface area contributed by atoms with Gasteiger partial charge in [-0.05, 0) is 37.4 Å². The summed E-state index contributed by atoms with van der Waals surface area (Å²) < 4.78 is 1.87. The first kappa shape index (κ1) is 17.2. The van der Waals surface area contributed by atoms with Crippen molar-refractivity contribution in [1.29, 1.82) is 0 Å². The second kappa shape index (κ2) is 7.55. The van der Waals surface area contributed by atoms with Crippen LogP contribution in [0.4, 0.5) is 5.69 Å². The van der Waals surface area contributed by atoms with Gasteiger partial charge in [0.25, 0.3) is 0 Å². The zero-order valence-corrected chi connectivity index (χ0v) is 14.8. The number of fused-ring (bicyclic) bond motifs is 3. The Morgan fingerprint density at radius 2 is 2.15 bits per heavy atom. The molecule has 2 aromatic rings. The van der Waals surface area contributed by atoms with Crippen molar-refractivity contribution in [2.75, 3.05) is 25.0 Å². The molecule has 1 unspecified atom stereocenters. The third-order valence-corrected chi connectivity index (χ3v) is 5.61. The lowest BCUT2D eigenvalue weighted by Crippen LogP contribution is -2.57. The van der Waals surface area contributed by atoms with Crippen LogP contribution in [0.5, 0.6) is 0 Å². The van der Waals surface area contributed by atoms with Gasteiger partial charge in [-0.2, -0.15) is 0 Å². The van der Waals surface area contributed by atoms with Crippen LogP contribution < -0.4 is 5.32 Å². The lowest BCUT2D eigenvalue weighted by atomic mass is 9.75. The molecule has 4 heterocycles. The highest BCUT2D eigenvalue weighted by Crippen LogP contribution is 2.37. The summed E-state index contributed by atoms with van der Waals surface area (Å²) in [6.07, 6.45) is 4.55. The number of piperidine rings is 3. The molecule has 2 N–H and O–H groups in total. The molecule has 0 spiro atoms. The highest BCUT2D eigenvalue weighted by atomic mass is 16.3. The van der Waals surface area contributed by atoms with Crippen molar-refractivity contribution >= 4 is 11.6 Å². The van der Waals surface area contributed by atoms with Crippen LogP contribution in [0, 0.1) is 11.8 Å². The van der Waals surface area contributed by atoms with Crippen LogP contribution in [0.2, 0.25) is 0 Å². The van der Waals surface area contributed by atoms with Crippen LogP contribution in [-0.4, -0.2) is 56.6 Å². The second-order valence-electron chi connectivity index (χ2n) is 7.30. The molecule has 0 aliphatic carbocycles. The summed E-state index contributed by atoms with van der Waals surface area (Å²) in [6, 6.07) is 10.1. The van der Waals surface area contributed by atoms with E-state index in [0.29, 0.717) is 18.4 Å². The normalized spacial score (nSPS) is 27.4. The van der Waals surface area contributed by atoms with E-state index in [1.165, 1.54) is 0 Å². The van der Waals surface area contributed by atoms with E-state index in [1.54, 1.807) is 0 Å². The van der Waals surface area contributed by atoms with Crippen LogP contribution in [-0.2, 0) is 17.8 Å². The minimum absolute atomic E-state index is 0.0564. The Kier molecular flexibility index (Phi) is 4.99. The lowest BCUT2D eigenvalue weighted by molar-refractivity contribution is -0.127. The average molecular weight is 355 g/mol. The quantitative estimate of drug-likeness (QED) is 0.813. The van der Waals surface area contributed by atoms with Crippen molar-refractivity contribution in [1.82, 2.24) is 19.9 Å². The van der Waals surface area contributed by atoms with E-state index in [1.807, 2.05) is 41.2 Å². The van der Waals surface area contributed by atoms with Crippen LogP contribution in [0.25, 0.3) is 0 Å². The molecule has 1 amide bonds. The van der Waals surface area contributed by atoms with Gasteiger partial charge < -0.3 is 10.4 Å².